The first-order valence-corrected chi connectivity index (χ1v) is 10.0. The van der Waals surface area contributed by atoms with E-state index >= 15 is 0 Å². The maximum absolute atomic E-state index is 11.3. The lowest BCUT2D eigenvalue weighted by Crippen LogP contribution is -2.07. The van der Waals surface area contributed by atoms with Gasteiger partial charge in [-0.3, -0.25) is 0 Å². The summed E-state index contributed by atoms with van der Waals surface area (Å²) in [6, 6.07) is 9.63. The fraction of sp³-hybridized carbons (Fsp3) is 0.182. The Morgan fingerprint density at radius 3 is 2.81 bits per heavy atom. The van der Waals surface area contributed by atoms with Crippen molar-refractivity contribution in [3.05, 3.63) is 59.5 Å². The van der Waals surface area contributed by atoms with Crippen molar-refractivity contribution in [2.45, 2.75) is 20.3 Å². The van der Waals surface area contributed by atoms with E-state index < -0.39 is 5.97 Å². The minimum atomic E-state index is -1.06. The van der Waals surface area contributed by atoms with Gasteiger partial charge in [0.1, 0.15) is 11.6 Å². The van der Waals surface area contributed by atoms with E-state index in [0.717, 1.165) is 22.2 Å². The number of nitrogens with one attached hydrogen (secondary N) is 2. The van der Waals surface area contributed by atoms with E-state index in [-0.39, 0.29) is 5.69 Å². The number of aryl methyl sites for hydroxylation is 2. The zero-order valence-corrected chi connectivity index (χ0v) is 17.4. The molecule has 0 aliphatic carbocycles. The lowest BCUT2D eigenvalue weighted by atomic mass is 10.1. The van der Waals surface area contributed by atoms with Crippen molar-refractivity contribution in [2.24, 2.45) is 0 Å². The molecule has 4 aromatic heterocycles. The molecule has 0 aliphatic heterocycles. The van der Waals surface area contributed by atoms with Gasteiger partial charge in [-0.1, -0.05) is 17.3 Å². The van der Waals surface area contributed by atoms with Gasteiger partial charge in [0, 0.05) is 37.0 Å². The van der Waals surface area contributed by atoms with E-state index in [1.165, 1.54) is 0 Å². The lowest BCUT2D eigenvalue weighted by Gasteiger charge is -2.09. The average molecular weight is 429 g/mol. The van der Waals surface area contributed by atoms with E-state index in [4.69, 9.17) is 4.52 Å². The summed E-state index contributed by atoms with van der Waals surface area (Å²) >= 11 is 0. The number of pyridine rings is 2. The van der Waals surface area contributed by atoms with Crippen molar-refractivity contribution >= 4 is 33.7 Å². The second-order valence-electron chi connectivity index (χ2n) is 7.42. The Morgan fingerprint density at radius 1 is 1.16 bits per heavy atom. The zero-order chi connectivity index (χ0) is 22.2. The molecular weight excluding hydrogens is 410 g/mol. The van der Waals surface area contributed by atoms with E-state index in [9.17, 15) is 9.90 Å². The molecule has 3 N–H and O–H groups in total. The van der Waals surface area contributed by atoms with E-state index in [2.05, 4.69) is 35.4 Å². The summed E-state index contributed by atoms with van der Waals surface area (Å²) in [4.78, 5) is 31.8. The predicted octanol–water partition coefficient (Wildman–Crippen LogP) is 3.53. The van der Waals surface area contributed by atoms with Crippen LogP contribution in [0.3, 0.4) is 0 Å². The summed E-state index contributed by atoms with van der Waals surface area (Å²) in [5, 5.41) is 18.6. The van der Waals surface area contributed by atoms with Gasteiger partial charge >= 0.3 is 5.97 Å². The second-order valence-corrected chi connectivity index (χ2v) is 7.42. The molecule has 0 unspecified atom stereocenters. The van der Waals surface area contributed by atoms with E-state index in [1.807, 2.05) is 24.3 Å². The summed E-state index contributed by atoms with van der Waals surface area (Å²) in [5.74, 6) is 1.43. The van der Waals surface area contributed by atoms with Gasteiger partial charge in [-0.2, -0.15) is 4.98 Å². The molecule has 0 spiro atoms. The average Bonchev–Trinajstić information content (AvgIpc) is 3.38. The van der Waals surface area contributed by atoms with E-state index in [0.29, 0.717) is 47.2 Å². The van der Waals surface area contributed by atoms with Crippen LogP contribution in [0.2, 0.25) is 0 Å². The quantitative estimate of drug-likeness (QED) is 0.369. The summed E-state index contributed by atoms with van der Waals surface area (Å²) in [6.07, 6.45) is 2.34. The molecule has 5 aromatic rings. The van der Waals surface area contributed by atoms with Crippen LogP contribution < -0.4 is 5.32 Å². The third kappa shape index (κ3) is 3.62. The molecular formula is C22H19N7O3. The fourth-order valence-corrected chi connectivity index (χ4v) is 3.59. The Balaban J connectivity index is 1.36. The third-order valence-corrected chi connectivity index (χ3v) is 5.12. The molecule has 4 heterocycles. The Morgan fingerprint density at radius 2 is 2.03 bits per heavy atom. The number of aromatic amines is 1. The number of carboxylic acid groups (broad SMARTS) is 1. The molecule has 160 valence electrons. The number of hydrogen-bond acceptors (Lipinski definition) is 8. The van der Waals surface area contributed by atoms with Gasteiger partial charge in [-0.05, 0) is 36.1 Å². The summed E-state index contributed by atoms with van der Waals surface area (Å²) in [7, 11) is 0. The van der Waals surface area contributed by atoms with Crippen molar-refractivity contribution in [3.63, 3.8) is 0 Å². The van der Waals surface area contributed by atoms with Crippen LogP contribution in [0.5, 0.6) is 0 Å². The number of H-pyrrole nitrogens is 1. The Bertz CT molecular complexity index is 1470. The number of aromatic nitrogens is 6. The van der Waals surface area contributed by atoms with Gasteiger partial charge < -0.3 is 19.9 Å². The highest BCUT2D eigenvalue weighted by Crippen LogP contribution is 2.26. The van der Waals surface area contributed by atoms with Crippen LogP contribution in [0.15, 0.2) is 41.1 Å². The van der Waals surface area contributed by atoms with Crippen molar-refractivity contribution < 1.29 is 14.4 Å². The number of hydrogen-bond donors (Lipinski definition) is 3. The number of imidazole rings is 1. The number of benzene rings is 1. The van der Waals surface area contributed by atoms with Crippen molar-refractivity contribution in [3.8, 4) is 11.4 Å². The lowest BCUT2D eigenvalue weighted by molar-refractivity contribution is 0.0690. The normalized spacial score (nSPS) is 11.3. The van der Waals surface area contributed by atoms with Crippen LogP contribution in [-0.4, -0.2) is 47.7 Å². The number of rotatable bonds is 6. The molecule has 0 saturated carbocycles. The number of carbonyl (C=O) groups is 1. The second kappa shape index (κ2) is 7.73. The van der Waals surface area contributed by atoms with Crippen LogP contribution in [0.1, 0.15) is 27.8 Å². The number of nitrogens with zero attached hydrogens (tertiary/aromatic N) is 5. The number of aromatic carboxylic acids is 1. The molecule has 0 radical (unpaired) electrons. The summed E-state index contributed by atoms with van der Waals surface area (Å²) < 4.78 is 5.09. The molecule has 32 heavy (non-hydrogen) atoms. The van der Waals surface area contributed by atoms with Gasteiger partial charge in [0.15, 0.2) is 11.3 Å². The molecule has 0 amide bonds. The topological polar surface area (TPSA) is 143 Å². The Kier molecular flexibility index (Phi) is 4.74. The van der Waals surface area contributed by atoms with Crippen LogP contribution in [0.4, 0.5) is 5.82 Å². The predicted molar refractivity (Wildman–Crippen MR) is 118 cm³/mol. The molecule has 10 nitrogen and oxygen atoms in total. The molecule has 0 aliphatic rings. The molecule has 0 bridgehead atoms. The molecule has 0 saturated heterocycles. The third-order valence-electron chi connectivity index (χ3n) is 5.12. The van der Waals surface area contributed by atoms with Crippen molar-refractivity contribution in [1.82, 2.24) is 30.1 Å². The minimum Gasteiger partial charge on any atom is -0.477 e. The maximum Gasteiger partial charge on any atom is 0.354 e. The number of carboxylic acids is 1. The smallest absolute Gasteiger partial charge is 0.354 e. The van der Waals surface area contributed by atoms with Crippen LogP contribution in [-0.2, 0) is 6.42 Å². The van der Waals surface area contributed by atoms with Gasteiger partial charge in [-0.15, -0.1) is 0 Å². The van der Waals surface area contributed by atoms with Gasteiger partial charge in [0.25, 0.3) is 0 Å². The molecule has 0 fully saturated rings. The Hall–Kier alpha value is -4.34. The van der Waals surface area contributed by atoms with Gasteiger partial charge in [0.05, 0.1) is 5.52 Å². The molecule has 0 atom stereocenters. The summed E-state index contributed by atoms with van der Waals surface area (Å²) in [5.41, 5.74) is 2.56. The first kappa shape index (κ1) is 19.6. The highest BCUT2D eigenvalue weighted by Gasteiger charge is 2.14. The first-order valence-electron chi connectivity index (χ1n) is 10.0. The van der Waals surface area contributed by atoms with Crippen LogP contribution in [0.25, 0.3) is 33.3 Å². The fourth-order valence-electron chi connectivity index (χ4n) is 3.59. The largest absolute Gasteiger partial charge is 0.477 e. The first-order chi connectivity index (χ1) is 15.5. The van der Waals surface area contributed by atoms with Gasteiger partial charge in [-0.25, -0.2) is 19.7 Å². The van der Waals surface area contributed by atoms with Gasteiger partial charge in [0.2, 0.25) is 11.7 Å². The zero-order valence-electron chi connectivity index (χ0n) is 17.4. The van der Waals surface area contributed by atoms with E-state index in [1.54, 1.807) is 26.1 Å². The highest BCUT2D eigenvalue weighted by atomic mass is 16.5. The number of fused-ring (bicyclic) bond motifs is 2. The monoisotopic (exact) mass is 429 g/mol. The minimum absolute atomic E-state index is 0.0150. The molecule has 5 rings (SSSR count). The molecule has 10 heteroatoms. The van der Waals surface area contributed by atoms with Crippen LogP contribution >= 0.6 is 0 Å². The Labute approximate surface area is 181 Å². The van der Waals surface area contributed by atoms with Crippen molar-refractivity contribution in [1.29, 1.82) is 0 Å². The highest BCUT2D eigenvalue weighted by molar-refractivity contribution is 5.94. The SMILES string of the molecule is Cc1nc(-c2ccc3ccnc(NCCc4nc5nc(C(=O)O)c(C)cc5[nH]4)c3c2)no1. The number of anilines is 1. The van der Waals surface area contributed by atoms with Crippen LogP contribution in [0, 0.1) is 13.8 Å². The molecule has 1 aromatic carbocycles. The van der Waals surface area contributed by atoms with Crippen molar-refractivity contribution in [2.75, 3.05) is 11.9 Å². The standard InChI is InChI=1S/C22H19N7O3/c1-11-9-16-21(28-18(11)22(30)31)27-17(26-16)6-8-24-20-15-10-14(19-25-12(2)32-29-19)4-3-13(15)5-7-23-20/h3-5,7,9-10H,6,8H2,1-2H3,(H,23,24)(H,30,31)(H,26,27,28). The summed E-state index contributed by atoms with van der Waals surface area (Å²) in [6.45, 7) is 4.04. The maximum atomic E-state index is 11.3.